The van der Waals surface area contributed by atoms with E-state index in [-0.39, 0.29) is 12.5 Å². The van der Waals surface area contributed by atoms with E-state index in [1.807, 2.05) is 19.1 Å². The Morgan fingerprint density at radius 2 is 2.00 bits per heavy atom. The maximum Gasteiger partial charge on any atom is 0.0630 e. The standard InChI is InChI=1S/C14H22O2/c1-3-6-14(16)13(10-15)12-8-5-7-11(4-2)9-12/h5,7-9,13-16H,3-4,6,10H2,1-2H3. The maximum absolute atomic E-state index is 9.97. The van der Waals surface area contributed by atoms with Crippen molar-refractivity contribution in [3.8, 4) is 0 Å². The first-order valence-corrected chi connectivity index (χ1v) is 6.10. The van der Waals surface area contributed by atoms with Crippen LogP contribution in [0.15, 0.2) is 24.3 Å². The zero-order valence-electron chi connectivity index (χ0n) is 10.2. The van der Waals surface area contributed by atoms with Gasteiger partial charge in [0.05, 0.1) is 12.7 Å². The highest BCUT2D eigenvalue weighted by molar-refractivity contribution is 5.27. The fourth-order valence-corrected chi connectivity index (χ4v) is 1.99. The molecule has 1 aromatic rings. The summed E-state index contributed by atoms with van der Waals surface area (Å²) < 4.78 is 0. The van der Waals surface area contributed by atoms with Gasteiger partial charge in [0.15, 0.2) is 0 Å². The molecular formula is C14H22O2. The summed E-state index contributed by atoms with van der Waals surface area (Å²) in [5, 5.41) is 19.3. The largest absolute Gasteiger partial charge is 0.396 e. The molecule has 2 nitrogen and oxygen atoms in total. The van der Waals surface area contributed by atoms with Gasteiger partial charge in [-0.05, 0) is 24.0 Å². The van der Waals surface area contributed by atoms with Gasteiger partial charge in [0.1, 0.15) is 0 Å². The second-order valence-corrected chi connectivity index (χ2v) is 4.24. The van der Waals surface area contributed by atoms with E-state index < -0.39 is 6.10 Å². The Balaban J connectivity index is 2.85. The lowest BCUT2D eigenvalue weighted by molar-refractivity contribution is 0.0984. The predicted molar refractivity (Wildman–Crippen MR) is 66.6 cm³/mol. The third-order valence-corrected chi connectivity index (χ3v) is 3.03. The molecule has 0 aliphatic carbocycles. The van der Waals surface area contributed by atoms with E-state index in [1.54, 1.807) is 0 Å². The molecule has 1 aromatic carbocycles. The molecule has 2 unspecified atom stereocenters. The summed E-state index contributed by atoms with van der Waals surface area (Å²) in [7, 11) is 0. The summed E-state index contributed by atoms with van der Waals surface area (Å²) in [6.45, 7) is 4.16. The highest BCUT2D eigenvalue weighted by Crippen LogP contribution is 2.23. The molecule has 1 rings (SSSR count). The summed E-state index contributed by atoms with van der Waals surface area (Å²) in [6, 6.07) is 8.14. The lowest BCUT2D eigenvalue weighted by Crippen LogP contribution is -2.21. The first-order chi connectivity index (χ1) is 7.72. The topological polar surface area (TPSA) is 40.5 Å². The molecule has 0 radical (unpaired) electrons. The van der Waals surface area contributed by atoms with Gasteiger partial charge in [0.25, 0.3) is 0 Å². The summed E-state index contributed by atoms with van der Waals surface area (Å²) in [4.78, 5) is 0. The number of aliphatic hydroxyl groups excluding tert-OH is 2. The summed E-state index contributed by atoms with van der Waals surface area (Å²) in [6.07, 6.45) is 2.21. The number of aryl methyl sites for hydroxylation is 1. The minimum Gasteiger partial charge on any atom is -0.396 e. The van der Waals surface area contributed by atoms with E-state index in [0.717, 1.165) is 24.8 Å². The molecule has 0 bridgehead atoms. The van der Waals surface area contributed by atoms with Gasteiger partial charge in [0.2, 0.25) is 0 Å². The van der Waals surface area contributed by atoms with E-state index in [2.05, 4.69) is 19.1 Å². The minimum absolute atomic E-state index is 0.00827. The molecule has 0 spiro atoms. The fourth-order valence-electron chi connectivity index (χ4n) is 1.99. The molecule has 0 heterocycles. The van der Waals surface area contributed by atoms with Gasteiger partial charge >= 0.3 is 0 Å². The molecule has 16 heavy (non-hydrogen) atoms. The Kier molecular flexibility index (Phi) is 5.50. The van der Waals surface area contributed by atoms with E-state index in [9.17, 15) is 10.2 Å². The van der Waals surface area contributed by atoms with Gasteiger partial charge in [-0.15, -0.1) is 0 Å². The van der Waals surface area contributed by atoms with Crippen LogP contribution in [0.1, 0.15) is 43.7 Å². The second kappa shape index (κ2) is 6.66. The molecule has 2 heteroatoms. The van der Waals surface area contributed by atoms with Crippen molar-refractivity contribution in [1.29, 1.82) is 0 Å². The van der Waals surface area contributed by atoms with E-state index in [4.69, 9.17) is 0 Å². The predicted octanol–water partition coefficient (Wildman–Crippen LogP) is 2.49. The van der Waals surface area contributed by atoms with Gasteiger partial charge in [0, 0.05) is 5.92 Å². The van der Waals surface area contributed by atoms with Crippen LogP contribution in [0.5, 0.6) is 0 Å². The van der Waals surface area contributed by atoms with Crippen molar-refractivity contribution in [2.75, 3.05) is 6.61 Å². The summed E-state index contributed by atoms with van der Waals surface area (Å²) in [5.41, 5.74) is 2.29. The summed E-state index contributed by atoms with van der Waals surface area (Å²) >= 11 is 0. The zero-order valence-corrected chi connectivity index (χ0v) is 10.2. The monoisotopic (exact) mass is 222 g/mol. The second-order valence-electron chi connectivity index (χ2n) is 4.24. The Morgan fingerprint density at radius 3 is 2.56 bits per heavy atom. The molecule has 2 N–H and O–H groups in total. The Hall–Kier alpha value is -0.860. The number of rotatable bonds is 6. The Bertz CT molecular complexity index is 309. The molecule has 0 aliphatic heterocycles. The third-order valence-electron chi connectivity index (χ3n) is 3.03. The molecule has 0 amide bonds. The van der Waals surface area contributed by atoms with Gasteiger partial charge in [-0.2, -0.15) is 0 Å². The number of benzene rings is 1. The molecule has 0 fully saturated rings. The third kappa shape index (κ3) is 3.32. The first-order valence-electron chi connectivity index (χ1n) is 6.10. The first kappa shape index (κ1) is 13.2. The highest BCUT2D eigenvalue weighted by atomic mass is 16.3. The van der Waals surface area contributed by atoms with Crippen molar-refractivity contribution in [2.24, 2.45) is 0 Å². The van der Waals surface area contributed by atoms with Crippen molar-refractivity contribution in [3.63, 3.8) is 0 Å². The van der Waals surface area contributed by atoms with Crippen LogP contribution in [0.3, 0.4) is 0 Å². The van der Waals surface area contributed by atoms with Crippen LogP contribution in [-0.2, 0) is 6.42 Å². The molecule has 0 aliphatic rings. The normalized spacial score (nSPS) is 14.8. The van der Waals surface area contributed by atoms with E-state index in [0.29, 0.717) is 0 Å². The van der Waals surface area contributed by atoms with Crippen molar-refractivity contribution >= 4 is 0 Å². The van der Waals surface area contributed by atoms with Gasteiger partial charge < -0.3 is 10.2 Å². The average molecular weight is 222 g/mol. The van der Waals surface area contributed by atoms with Crippen LogP contribution in [-0.4, -0.2) is 22.9 Å². The smallest absolute Gasteiger partial charge is 0.0630 e. The van der Waals surface area contributed by atoms with Gasteiger partial charge in [-0.1, -0.05) is 44.5 Å². The van der Waals surface area contributed by atoms with Gasteiger partial charge in [-0.25, -0.2) is 0 Å². The van der Waals surface area contributed by atoms with Crippen molar-refractivity contribution in [2.45, 2.75) is 45.1 Å². The minimum atomic E-state index is -0.442. The molecule has 90 valence electrons. The lowest BCUT2D eigenvalue weighted by Gasteiger charge is -2.21. The highest BCUT2D eigenvalue weighted by Gasteiger charge is 2.19. The molecular weight excluding hydrogens is 200 g/mol. The fraction of sp³-hybridized carbons (Fsp3) is 0.571. The van der Waals surface area contributed by atoms with Crippen LogP contribution in [0.25, 0.3) is 0 Å². The Labute approximate surface area is 97.9 Å². The summed E-state index contributed by atoms with van der Waals surface area (Å²) in [5.74, 6) is -0.147. The molecule has 0 aromatic heterocycles. The molecule has 0 saturated carbocycles. The van der Waals surface area contributed by atoms with E-state index >= 15 is 0 Å². The number of hydrogen-bond acceptors (Lipinski definition) is 2. The van der Waals surface area contributed by atoms with Crippen LogP contribution < -0.4 is 0 Å². The zero-order chi connectivity index (χ0) is 12.0. The van der Waals surface area contributed by atoms with E-state index in [1.165, 1.54) is 5.56 Å². The number of aliphatic hydroxyl groups is 2. The van der Waals surface area contributed by atoms with Crippen molar-refractivity contribution in [3.05, 3.63) is 35.4 Å². The molecule has 0 saturated heterocycles. The quantitative estimate of drug-likeness (QED) is 0.776. The lowest BCUT2D eigenvalue weighted by atomic mass is 9.90. The average Bonchev–Trinajstić information content (AvgIpc) is 2.31. The maximum atomic E-state index is 9.97. The van der Waals surface area contributed by atoms with Crippen LogP contribution in [0.2, 0.25) is 0 Å². The number of hydrogen-bond donors (Lipinski definition) is 2. The van der Waals surface area contributed by atoms with Gasteiger partial charge in [-0.3, -0.25) is 0 Å². The van der Waals surface area contributed by atoms with Crippen LogP contribution >= 0.6 is 0 Å². The SMILES string of the molecule is CCCC(O)C(CO)c1cccc(CC)c1. The van der Waals surface area contributed by atoms with Crippen LogP contribution in [0, 0.1) is 0 Å². The molecule has 2 atom stereocenters. The van der Waals surface area contributed by atoms with Crippen molar-refractivity contribution < 1.29 is 10.2 Å². The van der Waals surface area contributed by atoms with Crippen molar-refractivity contribution in [1.82, 2.24) is 0 Å². The Morgan fingerprint density at radius 1 is 1.25 bits per heavy atom. The van der Waals surface area contributed by atoms with Crippen LogP contribution in [0.4, 0.5) is 0 Å².